The van der Waals surface area contributed by atoms with Gasteiger partial charge in [0.2, 0.25) is 11.8 Å². The number of nitrogens with one attached hydrogen (secondary N) is 2. The fourth-order valence-corrected chi connectivity index (χ4v) is 3.48. The molecule has 0 aliphatic rings. The zero-order valence-electron chi connectivity index (χ0n) is 27.7. The van der Waals surface area contributed by atoms with Gasteiger partial charge in [-0.25, -0.2) is 0 Å². The molecule has 1 aromatic carbocycles. The zero-order chi connectivity index (χ0) is 33.7. The predicted octanol–water partition coefficient (Wildman–Crippen LogP) is 4.59. The Balaban J connectivity index is 0.00000862. The lowest BCUT2D eigenvalue weighted by Gasteiger charge is -2.31. The van der Waals surface area contributed by atoms with Gasteiger partial charge >= 0.3 is 5.97 Å². The first kappa shape index (κ1) is 39.4. The molecule has 0 saturated heterocycles. The van der Waals surface area contributed by atoms with E-state index in [1.807, 2.05) is 27.7 Å². The number of anilines is 1. The Morgan fingerprint density at radius 2 is 1.47 bits per heavy atom. The molecular weight excluding hydrogens is 554 g/mol. The highest BCUT2D eigenvalue weighted by Crippen LogP contribution is 2.26. The fourth-order valence-electron chi connectivity index (χ4n) is 3.48. The van der Waals surface area contributed by atoms with Crippen molar-refractivity contribution in [2.75, 3.05) is 32.1 Å². The summed E-state index contributed by atoms with van der Waals surface area (Å²) in [5, 5.41) is 13.9. The van der Waals surface area contributed by atoms with Crippen LogP contribution < -0.4 is 10.6 Å². The first-order valence-electron chi connectivity index (χ1n) is 14.7. The molecule has 0 saturated carbocycles. The van der Waals surface area contributed by atoms with Gasteiger partial charge in [-0.2, -0.15) is 0 Å². The van der Waals surface area contributed by atoms with Gasteiger partial charge < -0.3 is 25.4 Å². The molecule has 11 nitrogen and oxygen atoms in total. The van der Waals surface area contributed by atoms with Gasteiger partial charge in [-0.05, 0) is 52.3 Å². The minimum Gasteiger partial charge on any atom is -0.480 e. The summed E-state index contributed by atoms with van der Waals surface area (Å²) in [7, 11) is 1.59. The summed E-state index contributed by atoms with van der Waals surface area (Å²) in [4.78, 5) is 75.1. The van der Waals surface area contributed by atoms with E-state index < -0.39 is 35.3 Å². The Morgan fingerprint density at radius 1 is 0.907 bits per heavy atom. The largest absolute Gasteiger partial charge is 0.480 e. The van der Waals surface area contributed by atoms with E-state index in [1.165, 1.54) is 23.1 Å². The molecule has 0 fully saturated rings. The monoisotopic (exact) mass is 605 g/mol. The van der Waals surface area contributed by atoms with Gasteiger partial charge in [-0.15, -0.1) is 0 Å². The minimum absolute atomic E-state index is 0.0122. The van der Waals surface area contributed by atoms with Crippen molar-refractivity contribution in [3.8, 4) is 0 Å². The Hall–Kier alpha value is -3.60. The summed E-state index contributed by atoms with van der Waals surface area (Å²) in [6, 6.07) is 4.21. The van der Waals surface area contributed by atoms with E-state index in [4.69, 9.17) is 9.84 Å². The number of amides is 3. The van der Waals surface area contributed by atoms with Gasteiger partial charge in [0.05, 0.1) is 24.2 Å². The van der Waals surface area contributed by atoms with Gasteiger partial charge in [0.15, 0.2) is 11.6 Å². The lowest BCUT2D eigenvalue weighted by Crippen LogP contribution is -2.39. The molecule has 0 bridgehead atoms. The van der Waals surface area contributed by atoms with E-state index in [1.54, 1.807) is 48.6 Å². The second-order valence-corrected chi connectivity index (χ2v) is 12.2. The molecule has 0 unspecified atom stereocenters. The Morgan fingerprint density at radius 3 is 1.98 bits per heavy atom. The molecular formula is C32H51N3O8. The van der Waals surface area contributed by atoms with E-state index in [2.05, 4.69) is 10.6 Å². The predicted molar refractivity (Wildman–Crippen MR) is 166 cm³/mol. The number of nitrogens with zero attached hydrogens (tertiary/aromatic N) is 1. The fraction of sp³-hybridized carbons (Fsp3) is 0.625. The van der Waals surface area contributed by atoms with Gasteiger partial charge in [0.1, 0.15) is 6.54 Å². The van der Waals surface area contributed by atoms with Crippen molar-refractivity contribution in [1.29, 1.82) is 0 Å². The average molecular weight is 606 g/mol. The van der Waals surface area contributed by atoms with E-state index >= 15 is 0 Å². The van der Waals surface area contributed by atoms with E-state index in [0.717, 1.165) is 0 Å². The Labute approximate surface area is 256 Å². The highest BCUT2D eigenvalue weighted by molar-refractivity contribution is 6.04. The molecule has 0 atom stereocenters. The van der Waals surface area contributed by atoms with Crippen LogP contribution >= 0.6 is 0 Å². The van der Waals surface area contributed by atoms with Gasteiger partial charge in [0, 0.05) is 42.1 Å². The molecule has 0 spiro atoms. The van der Waals surface area contributed by atoms with Crippen molar-refractivity contribution in [1.82, 2.24) is 10.2 Å². The standard InChI is InChI=1S/C30H45N3O8.C2H6/c1-18(2)23(34)16-33(9)24(35)10-11-30(7,8)41-17-29(5,6)28(40)32-22-13-20(26(38)19(3)4)12-21(14-22)27(39)31-15-25(36)37;1-2/h12-14,18-19H,10-11,15-17H2,1-9H3,(H,31,39)(H,32,40)(H,36,37);1-2H3. The number of rotatable bonds is 16. The molecule has 0 aliphatic carbocycles. The van der Waals surface area contributed by atoms with E-state index in [0.29, 0.717) is 6.42 Å². The smallest absolute Gasteiger partial charge is 0.322 e. The number of carbonyl (C=O) groups excluding carboxylic acids is 5. The lowest BCUT2D eigenvalue weighted by molar-refractivity contribution is -0.138. The number of likely N-dealkylation sites (N-methyl/N-ethyl adjacent to an activating group) is 1. The molecule has 0 aromatic heterocycles. The molecule has 0 aliphatic heterocycles. The van der Waals surface area contributed by atoms with Crippen LogP contribution in [-0.2, 0) is 23.9 Å². The summed E-state index contributed by atoms with van der Waals surface area (Å²) in [6.45, 7) is 17.4. The summed E-state index contributed by atoms with van der Waals surface area (Å²) in [5.74, 6) is -3.30. The number of ether oxygens (including phenoxy) is 1. The van der Waals surface area contributed by atoms with E-state index in [-0.39, 0.29) is 65.7 Å². The molecule has 242 valence electrons. The number of aliphatic carboxylic acids is 1. The number of Topliss-reactive ketones (excluding diaryl/α,β-unsaturated/α-hetero) is 2. The maximum absolute atomic E-state index is 13.2. The van der Waals surface area contributed by atoms with Crippen molar-refractivity contribution in [2.24, 2.45) is 17.3 Å². The topological polar surface area (TPSA) is 159 Å². The lowest BCUT2D eigenvalue weighted by atomic mass is 9.92. The summed E-state index contributed by atoms with van der Waals surface area (Å²) >= 11 is 0. The van der Waals surface area contributed by atoms with Crippen LogP contribution in [0.5, 0.6) is 0 Å². The Kier molecular flexibility index (Phi) is 16.0. The number of carbonyl (C=O) groups is 6. The van der Waals surface area contributed by atoms with Crippen molar-refractivity contribution in [3.63, 3.8) is 0 Å². The Bertz CT molecular complexity index is 1160. The number of hydrogen-bond donors (Lipinski definition) is 3. The van der Waals surface area contributed by atoms with E-state index in [9.17, 15) is 28.8 Å². The van der Waals surface area contributed by atoms with Crippen LogP contribution in [0.4, 0.5) is 5.69 Å². The van der Waals surface area contributed by atoms with Crippen LogP contribution in [0.15, 0.2) is 18.2 Å². The first-order chi connectivity index (χ1) is 19.8. The van der Waals surface area contributed by atoms with Gasteiger partial charge in [-0.1, -0.05) is 41.5 Å². The van der Waals surface area contributed by atoms with Crippen LogP contribution in [0.3, 0.4) is 0 Å². The second kappa shape index (κ2) is 17.5. The third-order valence-corrected chi connectivity index (χ3v) is 6.50. The van der Waals surface area contributed by atoms with Crippen LogP contribution in [0.1, 0.15) is 103 Å². The highest BCUT2D eigenvalue weighted by Gasteiger charge is 2.32. The molecule has 3 amide bonds. The summed E-state index contributed by atoms with van der Waals surface area (Å²) in [5.41, 5.74) is -1.33. The molecule has 1 rings (SSSR count). The van der Waals surface area contributed by atoms with Crippen molar-refractivity contribution >= 4 is 40.9 Å². The average Bonchev–Trinajstić information content (AvgIpc) is 2.93. The maximum atomic E-state index is 13.2. The van der Waals surface area contributed by atoms with Crippen molar-refractivity contribution in [3.05, 3.63) is 29.3 Å². The quantitative estimate of drug-likeness (QED) is 0.231. The number of carboxylic acids is 1. The number of carboxylic acid groups (broad SMARTS) is 1. The maximum Gasteiger partial charge on any atom is 0.322 e. The third kappa shape index (κ3) is 13.9. The van der Waals surface area contributed by atoms with Crippen LogP contribution in [-0.4, -0.2) is 77.6 Å². The molecule has 3 N–H and O–H groups in total. The highest BCUT2D eigenvalue weighted by atomic mass is 16.5. The second-order valence-electron chi connectivity index (χ2n) is 12.2. The number of benzene rings is 1. The first-order valence-corrected chi connectivity index (χ1v) is 14.7. The molecule has 0 heterocycles. The van der Waals surface area contributed by atoms with Crippen LogP contribution in [0, 0.1) is 17.3 Å². The molecule has 11 heteroatoms. The van der Waals surface area contributed by atoms with Gasteiger partial charge in [0.25, 0.3) is 5.91 Å². The van der Waals surface area contributed by atoms with Crippen LogP contribution in [0.2, 0.25) is 0 Å². The molecule has 0 radical (unpaired) electrons. The van der Waals surface area contributed by atoms with Crippen molar-refractivity contribution < 1.29 is 38.6 Å². The third-order valence-electron chi connectivity index (χ3n) is 6.50. The number of ketones is 2. The molecule has 43 heavy (non-hydrogen) atoms. The zero-order valence-corrected chi connectivity index (χ0v) is 27.7. The number of hydrogen-bond acceptors (Lipinski definition) is 7. The van der Waals surface area contributed by atoms with Crippen molar-refractivity contribution in [2.45, 2.75) is 87.7 Å². The SMILES string of the molecule is CC.CC(C)C(=O)CN(C)C(=O)CCC(C)(C)OCC(C)(C)C(=O)Nc1cc(C(=O)NCC(=O)O)cc(C(=O)C(C)C)c1. The molecule has 1 aromatic rings. The van der Waals surface area contributed by atoms with Crippen LogP contribution in [0.25, 0.3) is 0 Å². The summed E-state index contributed by atoms with van der Waals surface area (Å²) < 4.78 is 6.04. The summed E-state index contributed by atoms with van der Waals surface area (Å²) in [6.07, 6.45) is 0.544. The normalized spacial score (nSPS) is 11.4. The minimum atomic E-state index is -1.22. The van der Waals surface area contributed by atoms with Gasteiger partial charge in [-0.3, -0.25) is 28.8 Å².